The molecule has 154 valence electrons. The van der Waals surface area contributed by atoms with Crippen LogP contribution in [-0.2, 0) is 0 Å². The van der Waals surface area contributed by atoms with E-state index in [-0.39, 0.29) is 105 Å². The van der Waals surface area contributed by atoms with Crippen LogP contribution >= 0.6 is 0 Å². The molecule has 0 bridgehead atoms. The fraction of sp³-hybridized carbons (Fsp3) is 0.818. The van der Waals surface area contributed by atoms with E-state index in [9.17, 15) is 0 Å². The molecule has 0 atom stereocenters. The maximum Gasteiger partial charge on any atom is 2.00 e. The molecule has 0 N–H and O–H groups in total. The average Bonchev–Trinajstić information content (AvgIpc) is 2.40. The quantitative estimate of drug-likeness (QED) is 0.277. The van der Waals surface area contributed by atoms with Crippen molar-refractivity contribution in [1.82, 2.24) is 0 Å². The molecular weight excluding hydrogens is 344 g/mol. The maximum absolute atomic E-state index is 2.12. The van der Waals surface area contributed by atoms with E-state index < -0.39 is 0 Å². The van der Waals surface area contributed by atoms with Crippen LogP contribution in [0.25, 0.3) is 0 Å². The minimum atomic E-state index is 0. The zero-order valence-electron chi connectivity index (χ0n) is 22.2. The second-order valence-corrected chi connectivity index (χ2v) is 2.83. The number of hydrogen-bond donors (Lipinski definition) is 0. The molecule has 0 saturated heterocycles. The van der Waals surface area contributed by atoms with Crippen molar-refractivity contribution < 1.29 is 0 Å². The molecule has 0 aliphatic carbocycles. The molecule has 0 aliphatic heterocycles. The third-order valence-electron chi connectivity index (χ3n) is 0. The van der Waals surface area contributed by atoms with Crippen molar-refractivity contribution in [2.24, 2.45) is 0 Å². The second-order valence-electron chi connectivity index (χ2n) is 2.83. The summed E-state index contributed by atoms with van der Waals surface area (Å²) in [7, 11) is 0. The number of rotatable bonds is 0. The zero-order valence-corrected chi connectivity index (χ0v) is 26.7. The van der Waals surface area contributed by atoms with Crippen molar-refractivity contribution in [3.63, 3.8) is 0 Å². The summed E-state index contributed by atoms with van der Waals surface area (Å²) in [6, 6.07) is 0. The summed E-state index contributed by atoms with van der Waals surface area (Å²) in [6.45, 7) is 29.0. The Balaban J connectivity index is -0.00000000517. The van der Waals surface area contributed by atoms with Gasteiger partial charge in [0.1, 0.15) is 0 Å². The molecule has 0 saturated carbocycles. The molecule has 0 aliphatic rings. The van der Waals surface area contributed by atoms with Crippen LogP contribution in [0.5, 0.6) is 0 Å². The molecule has 24 heavy (non-hydrogen) atoms. The molecule has 0 amide bonds. The van der Waals surface area contributed by atoms with Gasteiger partial charge in [0.15, 0.2) is 0 Å². The number of hydrogen-bond acceptors (Lipinski definition) is 0. The van der Waals surface area contributed by atoms with Crippen LogP contribution in [0.3, 0.4) is 0 Å². The molecule has 0 radical (unpaired) electrons. The molecule has 0 fully saturated rings. The molecule has 0 unspecified atom stereocenters. The van der Waals surface area contributed by atoms with Gasteiger partial charge in [0.05, 0.1) is 0 Å². The van der Waals surface area contributed by atoms with E-state index in [0.717, 1.165) is 0 Å². The Hall–Kier alpha value is 2.52. The van der Waals surface area contributed by atoms with E-state index in [1.165, 1.54) is 25.7 Å². The van der Waals surface area contributed by atoms with Gasteiger partial charge in [-0.1, -0.05) is 123 Å². The maximum atomic E-state index is 2.12. The molecule has 0 rings (SSSR count). The van der Waals surface area contributed by atoms with Crippen molar-refractivity contribution in [3.05, 3.63) is 29.7 Å². The minimum Gasteiger partial charge on any atom is -0.358 e. The van der Waals surface area contributed by atoms with Gasteiger partial charge in [-0.2, -0.15) is 0 Å². The van der Waals surface area contributed by atoms with Crippen LogP contribution < -0.4 is 0 Å². The minimum absolute atomic E-state index is 0. The van der Waals surface area contributed by atoms with E-state index in [4.69, 9.17) is 0 Å². The van der Waals surface area contributed by atoms with E-state index in [1.807, 2.05) is 41.5 Å². The Bertz CT molecular complexity index is 17.9. The SMILES string of the molecule is CC.CC.CC.CCC.CCC.CCC.CCC.[CH3-].[CH3-].[CH3-].[CH3-].[Ca+2].[Ca+2]. The molecule has 0 aromatic rings. The van der Waals surface area contributed by atoms with Gasteiger partial charge in [-0.3, -0.25) is 0 Å². The Labute approximate surface area is 225 Å². The van der Waals surface area contributed by atoms with Crippen LogP contribution in [0.4, 0.5) is 0 Å². The molecule has 2 heteroatoms. The summed E-state index contributed by atoms with van der Waals surface area (Å²) in [6.07, 6.45) is 5.00. The molecule has 0 aromatic carbocycles. The van der Waals surface area contributed by atoms with Gasteiger partial charge in [-0.25, -0.2) is 0 Å². The normalized spacial score (nSPS) is 3.75. The summed E-state index contributed by atoms with van der Waals surface area (Å²) < 4.78 is 0. The smallest absolute Gasteiger partial charge is 0.358 e. The third-order valence-corrected chi connectivity index (χ3v) is 0. The predicted molar refractivity (Wildman–Crippen MR) is 135 cm³/mol. The van der Waals surface area contributed by atoms with Crippen molar-refractivity contribution in [2.75, 3.05) is 0 Å². The standard InChI is InChI=1S/4C3H8.3C2H6.4CH3.2Ca/c4*1-3-2;3*1-2;;;;;;/h4*3H2,1-2H3;3*1-2H3;4*1H3;;/q;;;;;;;4*-1;2*+2. The van der Waals surface area contributed by atoms with Crippen LogP contribution in [0, 0.1) is 29.7 Å². The summed E-state index contributed by atoms with van der Waals surface area (Å²) in [4.78, 5) is 0. The molecule has 0 heterocycles. The van der Waals surface area contributed by atoms with Gasteiger partial charge in [0.25, 0.3) is 0 Å². The zero-order chi connectivity index (χ0) is 16.8. The van der Waals surface area contributed by atoms with E-state index >= 15 is 0 Å². The Morgan fingerprint density at radius 3 is 0.292 bits per heavy atom. The second kappa shape index (κ2) is 361. The summed E-state index contributed by atoms with van der Waals surface area (Å²) in [5.41, 5.74) is 0. The molecular formula is C22H62Ca2. The van der Waals surface area contributed by atoms with Crippen molar-refractivity contribution >= 4 is 75.5 Å². The first-order chi connectivity index (χ1) is 8.66. The van der Waals surface area contributed by atoms with Crippen molar-refractivity contribution in [3.8, 4) is 0 Å². The first-order valence-corrected chi connectivity index (χ1v) is 8.66. The van der Waals surface area contributed by atoms with Crippen molar-refractivity contribution in [2.45, 2.75) is 123 Å². The van der Waals surface area contributed by atoms with Gasteiger partial charge < -0.3 is 29.7 Å². The fourth-order valence-electron chi connectivity index (χ4n) is 0. The van der Waals surface area contributed by atoms with Crippen molar-refractivity contribution in [1.29, 1.82) is 0 Å². The first-order valence-electron chi connectivity index (χ1n) is 8.66. The largest absolute Gasteiger partial charge is 2.00 e. The average molecular weight is 407 g/mol. The Morgan fingerprint density at radius 2 is 0.292 bits per heavy atom. The van der Waals surface area contributed by atoms with Crippen LogP contribution in [-0.4, -0.2) is 75.5 Å². The van der Waals surface area contributed by atoms with Gasteiger partial charge in [-0.05, 0) is 0 Å². The predicted octanol–water partition coefficient (Wildman–Crippen LogP) is 9.78. The van der Waals surface area contributed by atoms with Gasteiger partial charge in [0, 0.05) is 0 Å². The Morgan fingerprint density at radius 1 is 0.292 bits per heavy atom. The van der Waals surface area contributed by atoms with Gasteiger partial charge in [-0.15, -0.1) is 0 Å². The topological polar surface area (TPSA) is 0 Å². The summed E-state index contributed by atoms with van der Waals surface area (Å²) >= 11 is 0. The van der Waals surface area contributed by atoms with Gasteiger partial charge in [0.2, 0.25) is 0 Å². The van der Waals surface area contributed by atoms with Crippen LogP contribution in [0.1, 0.15) is 123 Å². The fourth-order valence-corrected chi connectivity index (χ4v) is 0. The molecule has 0 spiro atoms. The summed E-state index contributed by atoms with van der Waals surface area (Å²) in [5.74, 6) is 0. The first kappa shape index (κ1) is 94.5. The Kier molecular flexibility index (Phi) is 1420. The van der Waals surface area contributed by atoms with Gasteiger partial charge >= 0.3 is 75.5 Å². The van der Waals surface area contributed by atoms with Crippen LogP contribution in [0.15, 0.2) is 0 Å². The summed E-state index contributed by atoms with van der Waals surface area (Å²) in [5, 5.41) is 0. The molecule has 0 aromatic heterocycles. The van der Waals surface area contributed by atoms with E-state index in [1.54, 1.807) is 0 Å². The third kappa shape index (κ3) is 2140. The van der Waals surface area contributed by atoms with E-state index in [2.05, 4.69) is 55.4 Å². The van der Waals surface area contributed by atoms with E-state index in [0.29, 0.717) is 0 Å². The van der Waals surface area contributed by atoms with Crippen LogP contribution in [0.2, 0.25) is 0 Å². The monoisotopic (exact) mass is 406 g/mol. The molecule has 0 nitrogen and oxygen atoms in total.